The van der Waals surface area contributed by atoms with Crippen LogP contribution in [0.25, 0.3) is 6.08 Å². The number of fused-ring (bicyclic) bond motifs is 1. The fourth-order valence-electron chi connectivity index (χ4n) is 2.74. The van der Waals surface area contributed by atoms with Gasteiger partial charge < -0.3 is 0 Å². The predicted octanol–water partition coefficient (Wildman–Crippen LogP) is 5.24. The van der Waals surface area contributed by atoms with Gasteiger partial charge in [0.1, 0.15) is 0 Å². The van der Waals surface area contributed by atoms with Crippen molar-refractivity contribution in [1.82, 2.24) is 0 Å². The Morgan fingerprint density at radius 3 is 2.35 bits per heavy atom. The van der Waals surface area contributed by atoms with Crippen molar-refractivity contribution in [3.63, 3.8) is 0 Å². The molecule has 0 radical (unpaired) electrons. The van der Waals surface area contributed by atoms with Gasteiger partial charge in [-0.1, -0.05) is 42.9 Å². The summed E-state index contributed by atoms with van der Waals surface area (Å²) >= 11 is 0. The van der Waals surface area contributed by atoms with E-state index in [9.17, 15) is 13.2 Å². The van der Waals surface area contributed by atoms with Crippen molar-refractivity contribution in [3.8, 4) is 11.8 Å². The molecule has 0 N–H and O–H groups in total. The van der Waals surface area contributed by atoms with E-state index in [0.717, 1.165) is 42.5 Å². The maximum absolute atomic E-state index is 13.2. The van der Waals surface area contributed by atoms with Crippen LogP contribution in [-0.2, 0) is 6.42 Å². The summed E-state index contributed by atoms with van der Waals surface area (Å²) in [5.41, 5.74) is 4.72. The zero-order chi connectivity index (χ0) is 16.4. The van der Waals surface area contributed by atoms with E-state index in [1.54, 1.807) is 0 Å². The summed E-state index contributed by atoms with van der Waals surface area (Å²) in [5, 5.41) is 0. The maximum atomic E-state index is 13.2. The van der Waals surface area contributed by atoms with E-state index in [1.165, 1.54) is 11.1 Å². The average Bonchev–Trinajstić information content (AvgIpc) is 2.92. The molecule has 2 aromatic carbocycles. The van der Waals surface area contributed by atoms with Gasteiger partial charge >= 0.3 is 0 Å². The van der Waals surface area contributed by atoms with E-state index < -0.39 is 17.5 Å². The molecule has 23 heavy (non-hydrogen) atoms. The lowest BCUT2D eigenvalue weighted by atomic mass is 10.0. The molecular formula is C20H15F3. The summed E-state index contributed by atoms with van der Waals surface area (Å²) in [4.78, 5) is 0. The first-order valence-electron chi connectivity index (χ1n) is 7.55. The third kappa shape index (κ3) is 3.32. The Kier molecular flexibility index (Phi) is 4.25. The highest BCUT2D eigenvalue weighted by Crippen LogP contribution is 2.28. The van der Waals surface area contributed by atoms with Gasteiger partial charge in [0.15, 0.2) is 17.5 Å². The molecule has 3 rings (SSSR count). The Balaban J connectivity index is 1.87. The van der Waals surface area contributed by atoms with Crippen LogP contribution in [0, 0.1) is 29.3 Å². The Morgan fingerprint density at radius 1 is 0.957 bits per heavy atom. The van der Waals surface area contributed by atoms with E-state index in [2.05, 4.69) is 24.8 Å². The lowest BCUT2D eigenvalue weighted by Crippen LogP contribution is -1.91. The summed E-state index contributed by atoms with van der Waals surface area (Å²) in [7, 11) is 0. The molecular weight excluding hydrogens is 297 g/mol. The Morgan fingerprint density at radius 2 is 1.65 bits per heavy atom. The van der Waals surface area contributed by atoms with Crippen molar-refractivity contribution in [2.45, 2.75) is 26.2 Å². The minimum absolute atomic E-state index is 0.115. The van der Waals surface area contributed by atoms with Gasteiger partial charge in [0.25, 0.3) is 0 Å². The van der Waals surface area contributed by atoms with Crippen molar-refractivity contribution in [2.75, 3.05) is 0 Å². The minimum Gasteiger partial charge on any atom is -0.204 e. The highest BCUT2D eigenvalue weighted by molar-refractivity contribution is 5.65. The molecule has 0 aromatic heterocycles. The molecule has 0 amide bonds. The van der Waals surface area contributed by atoms with Crippen LogP contribution in [0.1, 0.15) is 42.0 Å². The second kappa shape index (κ2) is 6.34. The van der Waals surface area contributed by atoms with Crippen molar-refractivity contribution >= 4 is 6.08 Å². The van der Waals surface area contributed by atoms with Gasteiger partial charge in [-0.2, -0.15) is 0 Å². The van der Waals surface area contributed by atoms with Crippen molar-refractivity contribution in [2.24, 2.45) is 0 Å². The quantitative estimate of drug-likeness (QED) is 0.525. The lowest BCUT2D eigenvalue weighted by molar-refractivity contribution is 0.446. The van der Waals surface area contributed by atoms with Crippen LogP contribution in [0.3, 0.4) is 0 Å². The second-order valence-corrected chi connectivity index (χ2v) is 5.65. The fourth-order valence-corrected chi connectivity index (χ4v) is 2.74. The number of halogens is 3. The van der Waals surface area contributed by atoms with E-state index in [0.29, 0.717) is 0 Å². The van der Waals surface area contributed by atoms with Crippen LogP contribution in [0.2, 0.25) is 0 Å². The Bertz CT molecular complexity index is 828. The van der Waals surface area contributed by atoms with Crippen molar-refractivity contribution in [3.05, 3.63) is 75.6 Å². The van der Waals surface area contributed by atoms with Gasteiger partial charge in [-0.15, -0.1) is 0 Å². The molecule has 0 saturated carbocycles. The molecule has 116 valence electrons. The summed E-state index contributed by atoms with van der Waals surface area (Å²) in [5.74, 6) is 1.63. The molecule has 3 heteroatoms. The van der Waals surface area contributed by atoms with Gasteiger partial charge in [-0.3, -0.25) is 0 Å². The maximum Gasteiger partial charge on any atom is 0.194 e. The van der Waals surface area contributed by atoms with Gasteiger partial charge in [-0.25, -0.2) is 13.2 Å². The van der Waals surface area contributed by atoms with Crippen LogP contribution in [0.4, 0.5) is 13.2 Å². The third-order valence-corrected chi connectivity index (χ3v) is 3.83. The molecule has 0 saturated heterocycles. The summed E-state index contributed by atoms with van der Waals surface area (Å²) in [6, 6.07) is 7.70. The number of allylic oxidation sites excluding steroid dienone is 1. The number of benzene rings is 2. The zero-order valence-electron chi connectivity index (χ0n) is 12.7. The second-order valence-electron chi connectivity index (χ2n) is 5.65. The van der Waals surface area contributed by atoms with Crippen LogP contribution in [0.15, 0.2) is 35.9 Å². The first-order chi connectivity index (χ1) is 11.1. The van der Waals surface area contributed by atoms with Gasteiger partial charge in [-0.05, 0) is 48.2 Å². The lowest BCUT2D eigenvalue weighted by Gasteiger charge is -2.00. The first-order valence-corrected chi connectivity index (χ1v) is 7.55. The smallest absolute Gasteiger partial charge is 0.194 e. The molecule has 0 nitrogen and oxygen atoms in total. The van der Waals surface area contributed by atoms with Crippen LogP contribution < -0.4 is 0 Å². The largest absolute Gasteiger partial charge is 0.204 e. The van der Waals surface area contributed by atoms with Gasteiger partial charge in [0.05, 0.1) is 0 Å². The van der Waals surface area contributed by atoms with Gasteiger partial charge in [0, 0.05) is 11.1 Å². The molecule has 1 aliphatic carbocycles. The zero-order valence-corrected chi connectivity index (χ0v) is 12.7. The highest BCUT2D eigenvalue weighted by Gasteiger charge is 2.12. The van der Waals surface area contributed by atoms with Crippen molar-refractivity contribution < 1.29 is 13.2 Å². The minimum atomic E-state index is -1.47. The number of hydrogen-bond acceptors (Lipinski definition) is 0. The number of rotatable bonds is 2. The third-order valence-electron chi connectivity index (χ3n) is 3.83. The highest BCUT2D eigenvalue weighted by atomic mass is 19.2. The van der Waals surface area contributed by atoms with E-state index >= 15 is 0 Å². The first kappa shape index (κ1) is 15.4. The van der Waals surface area contributed by atoms with E-state index in [-0.39, 0.29) is 5.56 Å². The predicted molar refractivity (Wildman–Crippen MR) is 85.3 cm³/mol. The van der Waals surface area contributed by atoms with Crippen molar-refractivity contribution in [1.29, 1.82) is 0 Å². The Hall–Kier alpha value is -2.47. The molecule has 0 bridgehead atoms. The SMILES string of the molecule is CCCC1=Cc2cc(C#Cc3cc(F)c(F)c(F)c3)ccc2C1. The van der Waals surface area contributed by atoms with Crippen LogP contribution in [0.5, 0.6) is 0 Å². The Labute approximate surface area is 133 Å². The summed E-state index contributed by atoms with van der Waals surface area (Å²) in [6.45, 7) is 2.15. The molecule has 0 aliphatic heterocycles. The van der Waals surface area contributed by atoms with Crippen LogP contribution in [-0.4, -0.2) is 0 Å². The molecule has 0 fully saturated rings. The topological polar surface area (TPSA) is 0 Å². The summed E-state index contributed by atoms with van der Waals surface area (Å²) in [6.07, 6.45) is 5.37. The monoisotopic (exact) mass is 312 g/mol. The molecule has 0 unspecified atom stereocenters. The molecule has 0 heterocycles. The molecule has 2 aromatic rings. The summed E-state index contributed by atoms with van der Waals surface area (Å²) < 4.78 is 39.3. The normalized spacial score (nSPS) is 12.4. The average molecular weight is 312 g/mol. The van der Waals surface area contributed by atoms with E-state index in [4.69, 9.17) is 0 Å². The van der Waals surface area contributed by atoms with Crippen LogP contribution >= 0.6 is 0 Å². The molecule has 0 spiro atoms. The van der Waals surface area contributed by atoms with Gasteiger partial charge in [0.2, 0.25) is 0 Å². The molecule has 1 aliphatic rings. The standard InChI is InChI=1S/C20H15F3/c1-2-3-14-9-16-7-6-13(8-17(16)10-14)4-5-15-11-18(21)20(23)19(22)12-15/h6-8,10-12H,2-3,9H2,1H3. The number of hydrogen-bond donors (Lipinski definition) is 0. The fraction of sp³-hybridized carbons (Fsp3) is 0.200. The molecule has 0 atom stereocenters. The van der Waals surface area contributed by atoms with E-state index in [1.807, 2.05) is 18.2 Å².